The first-order valence-electron chi connectivity index (χ1n) is 7.35. The van der Waals surface area contributed by atoms with E-state index in [4.69, 9.17) is 0 Å². The van der Waals surface area contributed by atoms with Crippen LogP contribution in [-0.2, 0) is 6.42 Å². The van der Waals surface area contributed by atoms with Gasteiger partial charge in [0.15, 0.2) is 0 Å². The summed E-state index contributed by atoms with van der Waals surface area (Å²) in [6.07, 6.45) is 3.81. The van der Waals surface area contributed by atoms with Gasteiger partial charge in [-0.3, -0.25) is 0 Å². The minimum absolute atomic E-state index is 0.588. The molecule has 0 N–H and O–H groups in total. The van der Waals surface area contributed by atoms with Crippen LogP contribution in [0.15, 0.2) is 48.5 Å². The van der Waals surface area contributed by atoms with Gasteiger partial charge in [-0.15, -0.1) is 0 Å². The summed E-state index contributed by atoms with van der Waals surface area (Å²) in [6, 6.07) is 17.9. The number of para-hydroxylation sites is 1. The van der Waals surface area contributed by atoms with E-state index >= 15 is 0 Å². The first-order chi connectivity index (χ1) is 9.43. The van der Waals surface area contributed by atoms with Gasteiger partial charge in [0.25, 0.3) is 0 Å². The van der Waals surface area contributed by atoms with Crippen molar-refractivity contribution < 1.29 is 0 Å². The highest BCUT2D eigenvalue weighted by Crippen LogP contribution is 2.43. The highest BCUT2D eigenvalue weighted by atomic mass is 15.1. The van der Waals surface area contributed by atoms with Crippen molar-refractivity contribution in [2.24, 2.45) is 0 Å². The van der Waals surface area contributed by atoms with Crippen molar-refractivity contribution in [3.8, 4) is 0 Å². The molecule has 0 saturated carbocycles. The van der Waals surface area contributed by atoms with Crippen molar-refractivity contribution in [3.05, 3.63) is 65.2 Å². The zero-order valence-corrected chi connectivity index (χ0v) is 11.2. The maximum Gasteiger partial charge on any atom is 0.0437 e. The summed E-state index contributed by atoms with van der Waals surface area (Å²) in [7, 11) is 0. The number of nitrogens with zero attached hydrogens (tertiary/aromatic N) is 1. The van der Waals surface area contributed by atoms with Crippen molar-refractivity contribution in [2.45, 2.75) is 25.2 Å². The van der Waals surface area contributed by atoms with E-state index in [9.17, 15) is 0 Å². The van der Waals surface area contributed by atoms with E-state index in [-0.39, 0.29) is 0 Å². The van der Waals surface area contributed by atoms with E-state index in [1.54, 1.807) is 16.8 Å². The second-order valence-electron chi connectivity index (χ2n) is 5.70. The van der Waals surface area contributed by atoms with Crippen LogP contribution < -0.4 is 4.90 Å². The zero-order valence-electron chi connectivity index (χ0n) is 11.2. The molecule has 2 aromatic rings. The standard InChI is InChI=1S/C18H19N/c1-2-6-14(7-3-1)16-11-13-19-12-5-9-15-8-4-10-17(16)18(15)19/h1-4,6-8,10,16H,5,9,11-13H2. The molecule has 0 fully saturated rings. The van der Waals surface area contributed by atoms with Gasteiger partial charge in [-0.25, -0.2) is 0 Å². The fraction of sp³-hybridized carbons (Fsp3) is 0.333. The number of benzene rings is 2. The molecular weight excluding hydrogens is 230 g/mol. The Balaban J connectivity index is 1.85. The molecule has 19 heavy (non-hydrogen) atoms. The highest BCUT2D eigenvalue weighted by Gasteiger charge is 2.29. The number of anilines is 1. The van der Waals surface area contributed by atoms with Crippen LogP contribution in [0, 0.1) is 0 Å². The molecule has 2 aliphatic rings. The maximum atomic E-state index is 2.60. The molecule has 0 saturated heterocycles. The molecule has 4 rings (SSSR count). The van der Waals surface area contributed by atoms with E-state index in [1.807, 2.05) is 0 Å². The summed E-state index contributed by atoms with van der Waals surface area (Å²) in [5.74, 6) is 0.588. The summed E-state index contributed by atoms with van der Waals surface area (Å²) in [6.45, 7) is 2.45. The summed E-state index contributed by atoms with van der Waals surface area (Å²) in [5, 5.41) is 0. The van der Waals surface area contributed by atoms with Crippen LogP contribution >= 0.6 is 0 Å². The third-order valence-corrected chi connectivity index (χ3v) is 4.61. The summed E-state index contributed by atoms with van der Waals surface area (Å²) in [4.78, 5) is 2.60. The van der Waals surface area contributed by atoms with Crippen molar-refractivity contribution in [3.63, 3.8) is 0 Å². The normalized spacial score (nSPS) is 21.1. The van der Waals surface area contributed by atoms with Gasteiger partial charge >= 0.3 is 0 Å². The van der Waals surface area contributed by atoms with Crippen LogP contribution in [0.4, 0.5) is 5.69 Å². The molecule has 0 spiro atoms. The third-order valence-electron chi connectivity index (χ3n) is 4.61. The van der Waals surface area contributed by atoms with Gasteiger partial charge < -0.3 is 4.90 Å². The predicted molar refractivity (Wildman–Crippen MR) is 79.9 cm³/mol. The SMILES string of the molecule is c1ccc(C2CCN3CCCc4cccc2c43)cc1. The molecule has 1 atom stereocenters. The number of rotatable bonds is 1. The first kappa shape index (κ1) is 11.1. The molecular formula is C18H19N. The molecule has 0 aliphatic carbocycles. The van der Waals surface area contributed by atoms with E-state index in [0.29, 0.717) is 5.92 Å². The van der Waals surface area contributed by atoms with Crippen LogP contribution in [-0.4, -0.2) is 13.1 Å². The van der Waals surface area contributed by atoms with E-state index < -0.39 is 0 Å². The summed E-state index contributed by atoms with van der Waals surface area (Å²) >= 11 is 0. The summed E-state index contributed by atoms with van der Waals surface area (Å²) in [5.41, 5.74) is 6.13. The third kappa shape index (κ3) is 1.76. The van der Waals surface area contributed by atoms with Crippen LogP contribution in [0.3, 0.4) is 0 Å². The average molecular weight is 249 g/mol. The second kappa shape index (κ2) is 4.41. The molecule has 0 radical (unpaired) electrons. The number of hydrogen-bond donors (Lipinski definition) is 0. The quantitative estimate of drug-likeness (QED) is 0.739. The zero-order chi connectivity index (χ0) is 12.7. The van der Waals surface area contributed by atoms with Gasteiger partial charge in [-0.05, 0) is 36.0 Å². The van der Waals surface area contributed by atoms with Crippen LogP contribution in [0.2, 0.25) is 0 Å². The van der Waals surface area contributed by atoms with Crippen molar-refractivity contribution in [1.29, 1.82) is 0 Å². The lowest BCUT2D eigenvalue weighted by molar-refractivity contribution is 0.597. The minimum atomic E-state index is 0.588. The summed E-state index contributed by atoms with van der Waals surface area (Å²) < 4.78 is 0. The Morgan fingerprint density at radius 3 is 2.68 bits per heavy atom. The van der Waals surface area contributed by atoms with Crippen LogP contribution in [0.1, 0.15) is 35.4 Å². The predicted octanol–water partition coefficient (Wildman–Crippen LogP) is 3.97. The molecule has 2 aliphatic heterocycles. The van der Waals surface area contributed by atoms with Crippen molar-refractivity contribution in [1.82, 2.24) is 0 Å². The molecule has 0 amide bonds. The molecule has 1 heteroatoms. The fourth-order valence-electron chi connectivity index (χ4n) is 3.75. The van der Waals surface area contributed by atoms with Gasteiger partial charge in [0.05, 0.1) is 0 Å². The smallest absolute Gasteiger partial charge is 0.0437 e. The lowest BCUT2D eigenvalue weighted by Crippen LogP contribution is -2.36. The van der Waals surface area contributed by atoms with E-state index in [0.717, 1.165) is 0 Å². The van der Waals surface area contributed by atoms with Gasteiger partial charge in [0.1, 0.15) is 0 Å². The number of aryl methyl sites for hydroxylation is 1. The Hall–Kier alpha value is -1.76. The Kier molecular flexibility index (Phi) is 2.58. The molecule has 1 unspecified atom stereocenters. The van der Waals surface area contributed by atoms with Crippen molar-refractivity contribution in [2.75, 3.05) is 18.0 Å². The second-order valence-corrected chi connectivity index (χ2v) is 5.70. The lowest BCUT2D eigenvalue weighted by atomic mass is 9.81. The topological polar surface area (TPSA) is 3.24 Å². The minimum Gasteiger partial charge on any atom is -0.371 e. The number of hydrogen-bond acceptors (Lipinski definition) is 1. The Labute approximate surface area is 114 Å². The molecule has 0 bridgehead atoms. The molecule has 2 heterocycles. The van der Waals surface area contributed by atoms with Gasteiger partial charge in [0.2, 0.25) is 0 Å². The molecule has 96 valence electrons. The monoisotopic (exact) mass is 249 g/mol. The largest absolute Gasteiger partial charge is 0.371 e. The lowest BCUT2D eigenvalue weighted by Gasteiger charge is -2.40. The van der Waals surface area contributed by atoms with E-state index in [1.165, 1.54) is 37.9 Å². The molecule has 0 aromatic heterocycles. The highest BCUT2D eigenvalue weighted by molar-refractivity contribution is 5.65. The van der Waals surface area contributed by atoms with Crippen LogP contribution in [0.25, 0.3) is 0 Å². The molecule has 2 aromatic carbocycles. The maximum absolute atomic E-state index is 2.60. The first-order valence-corrected chi connectivity index (χ1v) is 7.35. The van der Waals surface area contributed by atoms with E-state index in [2.05, 4.69) is 53.4 Å². The van der Waals surface area contributed by atoms with Gasteiger partial charge in [-0.2, -0.15) is 0 Å². The van der Waals surface area contributed by atoms with Crippen LogP contribution in [0.5, 0.6) is 0 Å². The Bertz CT molecular complexity index is 588. The molecule has 1 nitrogen and oxygen atoms in total. The van der Waals surface area contributed by atoms with Crippen molar-refractivity contribution >= 4 is 5.69 Å². The Morgan fingerprint density at radius 2 is 1.79 bits per heavy atom. The van der Waals surface area contributed by atoms with Gasteiger partial charge in [-0.1, -0.05) is 48.5 Å². The van der Waals surface area contributed by atoms with Gasteiger partial charge in [0, 0.05) is 24.7 Å². The fourth-order valence-corrected chi connectivity index (χ4v) is 3.75. The Morgan fingerprint density at radius 1 is 0.895 bits per heavy atom. The average Bonchev–Trinajstić information content (AvgIpc) is 2.49.